The van der Waals surface area contributed by atoms with Crippen molar-refractivity contribution in [3.8, 4) is 0 Å². The minimum absolute atomic E-state index is 0.0388. The number of halogens is 2. The maximum Gasteiger partial charge on any atom is 0.251 e. The van der Waals surface area contributed by atoms with Gasteiger partial charge in [0.2, 0.25) is 0 Å². The summed E-state index contributed by atoms with van der Waals surface area (Å²) in [5, 5.41) is 12.2. The van der Waals surface area contributed by atoms with Gasteiger partial charge in [-0.2, -0.15) is 5.10 Å². The predicted octanol–water partition coefficient (Wildman–Crippen LogP) is 5.39. The van der Waals surface area contributed by atoms with Crippen LogP contribution in [0.15, 0.2) is 60.9 Å². The van der Waals surface area contributed by atoms with Crippen molar-refractivity contribution in [1.82, 2.24) is 20.1 Å². The van der Waals surface area contributed by atoms with E-state index in [0.717, 1.165) is 22.2 Å². The van der Waals surface area contributed by atoms with E-state index in [-0.39, 0.29) is 17.0 Å². The molecule has 0 unspecified atom stereocenters. The van der Waals surface area contributed by atoms with Crippen LogP contribution >= 0.6 is 11.6 Å². The average Bonchev–Trinajstić information content (AvgIpc) is 3.17. The van der Waals surface area contributed by atoms with Gasteiger partial charge in [-0.3, -0.25) is 9.48 Å². The number of hydrogen-bond donors (Lipinski definition) is 2. The molecule has 0 saturated carbocycles. The van der Waals surface area contributed by atoms with E-state index in [9.17, 15) is 9.18 Å². The van der Waals surface area contributed by atoms with Gasteiger partial charge < -0.3 is 10.6 Å². The number of aryl methyl sites for hydroxylation is 1. The summed E-state index contributed by atoms with van der Waals surface area (Å²) >= 11 is 5.90. The van der Waals surface area contributed by atoms with Crippen LogP contribution in [-0.2, 0) is 7.05 Å². The normalized spacial score (nSPS) is 12.0. The van der Waals surface area contributed by atoms with Crippen molar-refractivity contribution in [2.45, 2.75) is 19.4 Å². The third-order valence-electron chi connectivity index (χ3n) is 5.12. The Morgan fingerprint density at radius 2 is 2.00 bits per heavy atom. The van der Waals surface area contributed by atoms with Crippen LogP contribution in [-0.4, -0.2) is 20.7 Å². The van der Waals surface area contributed by atoms with Gasteiger partial charge in [0.05, 0.1) is 17.3 Å². The molecule has 158 valence electrons. The Bertz CT molecular complexity index is 1260. The number of carbonyl (C=O) groups excluding carboxylic acids is 1. The smallest absolute Gasteiger partial charge is 0.251 e. The van der Waals surface area contributed by atoms with E-state index in [0.29, 0.717) is 17.8 Å². The maximum atomic E-state index is 13.5. The summed E-state index contributed by atoms with van der Waals surface area (Å²) in [4.78, 5) is 17.3. The molecule has 0 fully saturated rings. The summed E-state index contributed by atoms with van der Waals surface area (Å²) in [7, 11) is 1.84. The third-order valence-corrected chi connectivity index (χ3v) is 5.41. The van der Waals surface area contributed by atoms with Crippen molar-refractivity contribution in [1.29, 1.82) is 0 Å². The minimum atomic E-state index is -0.481. The van der Waals surface area contributed by atoms with Crippen molar-refractivity contribution in [2.75, 3.05) is 5.32 Å². The van der Waals surface area contributed by atoms with Gasteiger partial charge in [-0.1, -0.05) is 30.7 Å². The molecule has 31 heavy (non-hydrogen) atoms. The van der Waals surface area contributed by atoms with Crippen LogP contribution in [0.1, 0.15) is 35.3 Å². The fraction of sp³-hybridized carbons (Fsp3) is 0.174. The molecule has 2 aromatic carbocycles. The molecule has 0 spiro atoms. The number of aromatic nitrogens is 3. The fourth-order valence-electron chi connectivity index (χ4n) is 3.37. The molecule has 2 heterocycles. The Morgan fingerprint density at radius 1 is 1.16 bits per heavy atom. The van der Waals surface area contributed by atoms with Crippen molar-refractivity contribution in [3.63, 3.8) is 0 Å². The molecule has 0 aliphatic rings. The topological polar surface area (TPSA) is 71.8 Å². The van der Waals surface area contributed by atoms with Crippen LogP contribution in [0.2, 0.25) is 5.02 Å². The molecule has 2 aromatic heterocycles. The number of fused-ring (bicyclic) bond motifs is 1. The first kappa shape index (κ1) is 20.8. The molecular weight excluding hydrogens is 417 g/mol. The second kappa shape index (κ2) is 8.73. The number of hydrogen-bond acceptors (Lipinski definition) is 4. The number of pyridine rings is 1. The first-order chi connectivity index (χ1) is 14.9. The largest absolute Gasteiger partial charge is 0.345 e. The quantitative estimate of drug-likeness (QED) is 0.424. The molecule has 6 nitrogen and oxygen atoms in total. The highest BCUT2D eigenvalue weighted by Crippen LogP contribution is 2.24. The Morgan fingerprint density at radius 3 is 2.71 bits per heavy atom. The maximum absolute atomic E-state index is 13.5. The highest BCUT2D eigenvalue weighted by molar-refractivity contribution is 6.30. The number of rotatable bonds is 6. The standard InChI is InChI=1S/C23H21ClFN5O/c1-3-20(14-6-7-19(25)18(24)11-14)28-23(31)15-4-5-16-13-26-21(12-17(16)10-15)29-22-8-9-27-30(22)2/h4-13,20H,3H2,1-2H3,(H,26,29)(H,28,31)/t20-/m1/s1. The summed E-state index contributed by atoms with van der Waals surface area (Å²) in [5.74, 6) is 0.767. The number of anilines is 2. The molecule has 0 aliphatic carbocycles. The van der Waals surface area contributed by atoms with Crippen molar-refractivity contribution in [3.05, 3.63) is 82.9 Å². The predicted molar refractivity (Wildman–Crippen MR) is 120 cm³/mol. The zero-order chi connectivity index (χ0) is 22.0. The number of amides is 1. The van der Waals surface area contributed by atoms with Gasteiger partial charge in [0.15, 0.2) is 0 Å². The molecule has 0 aliphatic heterocycles. The van der Waals surface area contributed by atoms with E-state index >= 15 is 0 Å². The van der Waals surface area contributed by atoms with Gasteiger partial charge in [0.1, 0.15) is 17.5 Å². The van der Waals surface area contributed by atoms with Gasteiger partial charge in [-0.15, -0.1) is 0 Å². The lowest BCUT2D eigenvalue weighted by atomic mass is 10.0. The number of nitrogens with zero attached hydrogens (tertiary/aromatic N) is 3. The number of nitrogens with one attached hydrogen (secondary N) is 2. The van der Waals surface area contributed by atoms with E-state index in [1.54, 1.807) is 35.3 Å². The van der Waals surface area contributed by atoms with Gasteiger partial charge in [-0.05, 0) is 47.7 Å². The molecule has 1 atom stereocenters. The number of carbonyl (C=O) groups is 1. The minimum Gasteiger partial charge on any atom is -0.345 e. The summed E-state index contributed by atoms with van der Waals surface area (Å²) < 4.78 is 15.2. The Hall–Kier alpha value is -3.45. The van der Waals surface area contributed by atoms with Gasteiger partial charge in [0, 0.05) is 30.3 Å². The molecule has 0 bridgehead atoms. The van der Waals surface area contributed by atoms with E-state index in [4.69, 9.17) is 11.6 Å². The Kier molecular flexibility index (Phi) is 5.86. The van der Waals surface area contributed by atoms with Crippen LogP contribution in [0.4, 0.5) is 16.0 Å². The molecule has 4 rings (SSSR count). The second-order valence-corrected chi connectivity index (χ2v) is 7.61. The first-order valence-corrected chi connectivity index (χ1v) is 10.2. The van der Waals surface area contributed by atoms with Gasteiger partial charge >= 0.3 is 0 Å². The lowest BCUT2D eigenvalue weighted by Gasteiger charge is -2.18. The van der Waals surface area contributed by atoms with E-state index in [2.05, 4.69) is 20.7 Å². The molecule has 2 N–H and O–H groups in total. The first-order valence-electron chi connectivity index (χ1n) is 9.85. The lowest BCUT2D eigenvalue weighted by molar-refractivity contribution is 0.0935. The Balaban J connectivity index is 1.56. The van der Waals surface area contributed by atoms with E-state index in [1.165, 1.54) is 6.07 Å². The number of benzene rings is 2. The summed E-state index contributed by atoms with van der Waals surface area (Å²) in [6.07, 6.45) is 4.10. The molecule has 4 aromatic rings. The fourth-order valence-corrected chi connectivity index (χ4v) is 3.56. The SMILES string of the molecule is CC[C@@H](NC(=O)c1ccc2cnc(Nc3ccnn3C)cc2c1)c1ccc(F)c(Cl)c1. The summed E-state index contributed by atoms with van der Waals surface area (Å²) in [5.41, 5.74) is 1.28. The van der Waals surface area contributed by atoms with E-state index < -0.39 is 5.82 Å². The molecule has 0 saturated heterocycles. The highest BCUT2D eigenvalue weighted by atomic mass is 35.5. The van der Waals surface area contributed by atoms with Crippen LogP contribution in [0.5, 0.6) is 0 Å². The zero-order valence-corrected chi connectivity index (χ0v) is 17.8. The second-order valence-electron chi connectivity index (χ2n) is 7.20. The highest BCUT2D eigenvalue weighted by Gasteiger charge is 2.16. The van der Waals surface area contributed by atoms with Crippen LogP contribution in [0.25, 0.3) is 10.8 Å². The van der Waals surface area contributed by atoms with Gasteiger partial charge in [-0.25, -0.2) is 9.37 Å². The average molecular weight is 438 g/mol. The molecule has 0 radical (unpaired) electrons. The lowest BCUT2D eigenvalue weighted by Crippen LogP contribution is -2.28. The van der Waals surface area contributed by atoms with E-state index in [1.807, 2.05) is 38.2 Å². The van der Waals surface area contributed by atoms with Gasteiger partial charge in [0.25, 0.3) is 5.91 Å². The molecule has 1 amide bonds. The van der Waals surface area contributed by atoms with Crippen molar-refractivity contribution >= 4 is 39.9 Å². The monoisotopic (exact) mass is 437 g/mol. The molecule has 8 heteroatoms. The molecular formula is C23H21ClFN5O. The summed E-state index contributed by atoms with van der Waals surface area (Å²) in [6.45, 7) is 1.95. The Labute approximate surface area is 184 Å². The third kappa shape index (κ3) is 4.51. The van der Waals surface area contributed by atoms with Crippen LogP contribution < -0.4 is 10.6 Å². The van der Waals surface area contributed by atoms with Crippen molar-refractivity contribution in [2.24, 2.45) is 7.05 Å². The zero-order valence-electron chi connectivity index (χ0n) is 17.1. The van der Waals surface area contributed by atoms with Crippen LogP contribution in [0, 0.1) is 5.82 Å². The van der Waals surface area contributed by atoms with Crippen LogP contribution in [0.3, 0.4) is 0 Å². The van der Waals surface area contributed by atoms with Crippen molar-refractivity contribution < 1.29 is 9.18 Å². The summed E-state index contributed by atoms with van der Waals surface area (Å²) in [6, 6.07) is 13.4.